The third kappa shape index (κ3) is 4.01. The summed E-state index contributed by atoms with van der Waals surface area (Å²) < 4.78 is 1.72. The number of imidazole rings is 1. The van der Waals surface area contributed by atoms with E-state index in [4.69, 9.17) is 11.6 Å². The summed E-state index contributed by atoms with van der Waals surface area (Å²) in [7, 11) is 1.50. The fourth-order valence-corrected chi connectivity index (χ4v) is 4.48. The van der Waals surface area contributed by atoms with E-state index >= 15 is 0 Å². The molecule has 3 amide bonds. The Morgan fingerprint density at radius 1 is 1.23 bits per heavy atom. The second-order valence-electron chi connectivity index (χ2n) is 6.82. The van der Waals surface area contributed by atoms with Gasteiger partial charge in [-0.1, -0.05) is 11.6 Å². The molecule has 2 N–H and O–H groups in total. The second kappa shape index (κ2) is 8.41. The van der Waals surface area contributed by atoms with Crippen LogP contribution < -0.4 is 10.6 Å². The minimum absolute atomic E-state index is 0.117. The highest BCUT2D eigenvalue weighted by Crippen LogP contribution is 2.34. The molecule has 4 rings (SSSR count). The van der Waals surface area contributed by atoms with Crippen LogP contribution in [0.3, 0.4) is 0 Å². The second-order valence-corrected chi connectivity index (χ2v) is 8.15. The van der Waals surface area contributed by atoms with Crippen LogP contribution in [0.25, 0.3) is 5.65 Å². The van der Waals surface area contributed by atoms with Crippen molar-refractivity contribution in [3.63, 3.8) is 0 Å². The van der Waals surface area contributed by atoms with Crippen LogP contribution >= 0.6 is 22.9 Å². The van der Waals surface area contributed by atoms with Gasteiger partial charge in [0.2, 0.25) is 5.91 Å². The van der Waals surface area contributed by atoms with Gasteiger partial charge in [0, 0.05) is 31.4 Å². The number of pyridine rings is 1. The average Bonchev–Trinajstić information content (AvgIpc) is 3.49. The number of likely N-dealkylation sites (tertiary alicyclic amines) is 1. The average molecular weight is 447 g/mol. The number of hydrogen-bond donors (Lipinski definition) is 2. The number of carbonyl (C=O) groups is 3. The minimum atomic E-state index is -0.422. The Hall–Kier alpha value is -2.98. The zero-order valence-corrected chi connectivity index (χ0v) is 17.7. The van der Waals surface area contributed by atoms with E-state index in [1.165, 1.54) is 18.4 Å². The summed E-state index contributed by atoms with van der Waals surface area (Å²) in [6.45, 7) is 0.476. The van der Waals surface area contributed by atoms with Gasteiger partial charge in [-0.2, -0.15) is 0 Å². The molecule has 1 atom stereocenters. The van der Waals surface area contributed by atoms with Crippen molar-refractivity contribution in [3.8, 4) is 0 Å². The molecular formula is C19H19ClN6O3S. The molecule has 1 unspecified atom stereocenters. The quantitative estimate of drug-likeness (QED) is 0.622. The van der Waals surface area contributed by atoms with Gasteiger partial charge in [-0.15, -0.1) is 11.3 Å². The number of hydrogen-bond acceptors (Lipinski definition) is 6. The van der Waals surface area contributed by atoms with Gasteiger partial charge in [-0.25, -0.2) is 9.97 Å². The van der Waals surface area contributed by atoms with E-state index in [9.17, 15) is 14.4 Å². The Labute approximate surface area is 181 Å². The lowest BCUT2D eigenvalue weighted by molar-refractivity contribution is -0.119. The number of nitrogens with one attached hydrogen (secondary N) is 2. The summed E-state index contributed by atoms with van der Waals surface area (Å²) in [5.41, 5.74) is 1.22. The maximum Gasteiger partial charge on any atom is 0.274 e. The molecular weight excluding hydrogens is 428 g/mol. The molecule has 0 saturated carbocycles. The van der Waals surface area contributed by atoms with Gasteiger partial charge in [-0.3, -0.25) is 14.4 Å². The van der Waals surface area contributed by atoms with Gasteiger partial charge in [0.05, 0.1) is 17.6 Å². The monoisotopic (exact) mass is 446 g/mol. The molecule has 0 bridgehead atoms. The Morgan fingerprint density at radius 3 is 2.87 bits per heavy atom. The molecule has 3 aromatic rings. The van der Waals surface area contributed by atoms with Crippen LogP contribution in [0.4, 0.5) is 0 Å². The highest BCUT2D eigenvalue weighted by molar-refractivity contribution is 7.09. The predicted molar refractivity (Wildman–Crippen MR) is 112 cm³/mol. The van der Waals surface area contributed by atoms with E-state index in [2.05, 4.69) is 20.6 Å². The summed E-state index contributed by atoms with van der Waals surface area (Å²) in [6.07, 6.45) is 4.97. The molecule has 1 saturated heterocycles. The van der Waals surface area contributed by atoms with Crippen LogP contribution in [0.5, 0.6) is 0 Å². The van der Waals surface area contributed by atoms with Crippen molar-refractivity contribution in [2.75, 3.05) is 20.1 Å². The number of aromatic nitrogens is 3. The van der Waals surface area contributed by atoms with Crippen LogP contribution in [0, 0.1) is 0 Å². The highest BCUT2D eigenvalue weighted by atomic mass is 35.5. The zero-order chi connectivity index (χ0) is 21.3. The standard InChI is InChI=1S/C19H19ClN6O3S/c1-21-16(27)7-22-17(28)13-10-30-18(24-13)14-3-2-6-26(14)19(29)12-9-25-8-11(20)4-5-15(25)23-12/h4-5,8-10,14H,2-3,6-7H2,1H3,(H,21,27)(H,22,28). The summed E-state index contributed by atoms with van der Waals surface area (Å²) in [6, 6.07) is 3.27. The Morgan fingerprint density at radius 2 is 2.07 bits per heavy atom. The van der Waals surface area contributed by atoms with Gasteiger partial charge in [0.25, 0.3) is 11.8 Å². The van der Waals surface area contributed by atoms with Crippen molar-refractivity contribution in [3.05, 3.63) is 51.3 Å². The molecule has 30 heavy (non-hydrogen) atoms. The zero-order valence-electron chi connectivity index (χ0n) is 16.1. The summed E-state index contributed by atoms with van der Waals surface area (Å²) in [5.74, 6) is -0.896. The van der Waals surface area contributed by atoms with E-state index in [1.54, 1.807) is 39.2 Å². The van der Waals surface area contributed by atoms with Crippen LogP contribution in [-0.2, 0) is 4.79 Å². The number of carbonyl (C=O) groups excluding carboxylic acids is 3. The fourth-order valence-electron chi connectivity index (χ4n) is 3.37. The van der Waals surface area contributed by atoms with Crippen LogP contribution in [0.15, 0.2) is 29.9 Å². The number of rotatable bonds is 5. The SMILES string of the molecule is CNC(=O)CNC(=O)c1csc(C2CCCN2C(=O)c2cn3cc(Cl)ccc3n2)n1. The van der Waals surface area contributed by atoms with E-state index in [0.717, 1.165) is 12.8 Å². The van der Waals surface area contributed by atoms with E-state index in [-0.39, 0.29) is 30.1 Å². The van der Waals surface area contributed by atoms with Gasteiger partial charge < -0.3 is 19.9 Å². The van der Waals surface area contributed by atoms with Crippen molar-refractivity contribution in [1.29, 1.82) is 0 Å². The first-order chi connectivity index (χ1) is 14.5. The molecule has 11 heteroatoms. The molecule has 0 spiro atoms. The lowest BCUT2D eigenvalue weighted by Crippen LogP contribution is -2.35. The maximum atomic E-state index is 13.1. The smallest absolute Gasteiger partial charge is 0.274 e. The predicted octanol–water partition coefficient (Wildman–Crippen LogP) is 1.90. The van der Waals surface area contributed by atoms with Gasteiger partial charge in [-0.05, 0) is 25.0 Å². The fraction of sp³-hybridized carbons (Fsp3) is 0.316. The van der Waals surface area contributed by atoms with Crippen molar-refractivity contribution >= 4 is 46.3 Å². The van der Waals surface area contributed by atoms with Crippen LogP contribution in [0.1, 0.15) is 44.9 Å². The van der Waals surface area contributed by atoms with Crippen molar-refractivity contribution in [2.24, 2.45) is 0 Å². The topological polar surface area (TPSA) is 109 Å². The highest BCUT2D eigenvalue weighted by Gasteiger charge is 2.34. The number of halogens is 1. The molecule has 0 radical (unpaired) electrons. The van der Waals surface area contributed by atoms with Crippen LogP contribution in [0.2, 0.25) is 5.02 Å². The molecule has 4 heterocycles. The van der Waals surface area contributed by atoms with Gasteiger partial charge in [0.15, 0.2) is 0 Å². The first-order valence-corrected chi connectivity index (χ1v) is 10.6. The Balaban J connectivity index is 1.50. The van der Waals surface area contributed by atoms with Gasteiger partial charge >= 0.3 is 0 Å². The van der Waals surface area contributed by atoms with Crippen molar-refractivity contribution < 1.29 is 14.4 Å². The van der Waals surface area contributed by atoms with Crippen molar-refractivity contribution in [2.45, 2.75) is 18.9 Å². The molecule has 1 aliphatic heterocycles. The first kappa shape index (κ1) is 20.3. The molecule has 156 valence electrons. The number of amides is 3. The normalized spacial score (nSPS) is 16.1. The third-order valence-electron chi connectivity index (χ3n) is 4.88. The first-order valence-electron chi connectivity index (χ1n) is 9.35. The molecule has 9 nitrogen and oxygen atoms in total. The van der Waals surface area contributed by atoms with Crippen LogP contribution in [-0.4, -0.2) is 57.1 Å². The van der Waals surface area contributed by atoms with E-state index in [1.807, 2.05) is 0 Å². The number of nitrogens with zero attached hydrogens (tertiary/aromatic N) is 4. The Kier molecular flexibility index (Phi) is 5.69. The molecule has 0 aromatic carbocycles. The third-order valence-corrected chi connectivity index (χ3v) is 6.05. The number of fused-ring (bicyclic) bond motifs is 1. The lowest BCUT2D eigenvalue weighted by atomic mass is 10.2. The minimum Gasteiger partial charge on any atom is -0.358 e. The largest absolute Gasteiger partial charge is 0.358 e. The summed E-state index contributed by atoms with van der Waals surface area (Å²) in [5, 5.41) is 7.85. The molecule has 0 aliphatic carbocycles. The number of thiazole rings is 1. The number of likely N-dealkylation sites (N-methyl/N-ethyl adjacent to an activating group) is 1. The maximum absolute atomic E-state index is 13.1. The molecule has 3 aromatic heterocycles. The molecule has 1 fully saturated rings. The lowest BCUT2D eigenvalue weighted by Gasteiger charge is -2.22. The molecule has 1 aliphatic rings. The Bertz CT molecular complexity index is 1130. The summed E-state index contributed by atoms with van der Waals surface area (Å²) >= 11 is 7.34. The van der Waals surface area contributed by atoms with E-state index < -0.39 is 5.91 Å². The summed E-state index contributed by atoms with van der Waals surface area (Å²) in [4.78, 5) is 47.2. The van der Waals surface area contributed by atoms with Gasteiger partial charge in [0.1, 0.15) is 22.0 Å². The van der Waals surface area contributed by atoms with E-state index in [0.29, 0.717) is 27.9 Å². The van der Waals surface area contributed by atoms with Crippen molar-refractivity contribution in [1.82, 2.24) is 29.9 Å².